The van der Waals surface area contributed by atoms with Crippen LogP contribution in [0.25, 0.3) is 0 Å². The van der Waals surface area contributed by atoms with Gasteiger partial charge in [-0.1, -0.05) is 20.8 Å². The molecular weight excluding hydrogens is 176 g/mol. The minimum Gasteiger partial charge on any atom is -0.396 e. The molecule has 1 rings (SSSR count). The molecule has 14 heavy (non-hydrogen) atoms. The largest absolute Gasteiger partial charge is 0.396 e. The standard InChI is InChI=1S/C11H24N2O/c1-11(2,3)9-13-6-5-12-8-10(13)4-7-14/h10,12,14H,4-9H2,1-3H3. The Morgan fingerprint density at radius 3 is 2.71 bits per heavy atom. The first kappa shape index (κ1) is 12.0. The summed E-state index contributed by atoms with van der Waals surface area (Å²) >= 11 is 0. The summed E-state index contributed by atoms with van der Waals surface area (Å²) < 4.78 is 0. The van der Waals surface area contributed by atoms with Crippen LogP contribution in [0.15, 0.2) is 0 Å². The highest BCUT2D eigenvalue weighted by atomic mass is 16.3. The van der Waals surface area contributed by atoms with Crippen molar-refractivity contribution >= 4 is 0 Å². The second-order valence-electron chi connectivity index (χ2n) is 5.40. The van der Waals surface area contributed by atoms with Gasteiger partial charge in [-0.15, -0.1) is 0 Å². The van der Waals surface area contributed by atoms with E-state index >= 15 is 0 Å². The molecule has 1 aliphatic heterocycles. The van der Waals surface area contributed by atoms with Gasteiger partial charge < -0.3 is 10.4 Å². The lowest BCUT2D eigenvalue weighted by Gasteiger charge is -2.39. The van der Waals surface area contributed by atoms with Crippen molar-refractivity contribution in [2.75, 3.05) is 32.8 Å². The second-order valence-corrected chi connectivity index (χ2v) is 5.40. The molecule has 0 radical (unpaired) electrons. The van der Waals surface area contributed by atoms with Gasteiger partial charge >= 0.3 is 0 Å². The number of hydrogen-bond donors (Lipinski definition) is 2. The molecule has 1 atom stereocenters. The maximum absolute atomic E-state index is 8.98. The first-order valence-corrected chi connectivity index (χ1v) is 5.58. The minimum absolute atomic E-state index is 0.299. The fraction of sp³-hybridized carbons (Fsp3) is 1.00. The van der Waals surface area contributed by atoms with Crippen LogP contribution in [0.5, 0.6) is 0 Å². The molecule has 0 saturated carbocycles. The van der Waals surface area contributed by atoms with Crippen LogP contribution in [0.4, 0.5) is 0 Å². The number of aliphatic hydroxyl groups is 1. The third-order valence-electron chi connectivity index (χ3n) is 2.61. The van der Waals surface area contributed by atoms with E-state index in [1.54, 1.807) is 0 Å². The molecule has 1 heterocycles. The molecule has 0 bridgehead atoms. The van der Waals surface area contributed by atoms with Gasteiger partial charge in [-0.25, -0.2) is 0 Å². The second kappa shape index (κ2) is 5.10. The maximum Gasteiger partial charge on any atom is 0.0446 e. The smallest absolute Gasteiger partial charge is 0.0446 e. The monoisotopic (exact) mass is 200 g/mol. The van der Waals surface area contributed by atoms with Gasteiger partial charge in [0.1, 0.15) is 0 Å². The lowest BCUT2D eigenvalue weighted by atomic mass is 9.94. The topological polar surface area (TPSA) is 35.5 Å². The van der Waals surface area contributed by atoms with Crippen molar-refractivity contribution in [3.05, 3.63) is 0 Å². The Kier molecular flexibility index (Phi) is 4.35. The Hall–Kier alpha value is -0.120. The third-order valence-corrected chi connectivity index (χ3v) is 2.61. The van der Waals surface area contributed by atoms with Gasteiger partial charge in [-0.2, -0.15) is 0 Å². The third kappa shape index (κ3) is 3.95. The number of piperazine rings is 1. The summed E-state index contributed by atoms with van der Waals surface area (Å²) in [5, 5.41) is 12.4. The quantitative estimate of drug-likeness (QED) is 0.703. The summed E-state index contributed by atoms with van der Waals surface area (Å²) in [6.07, 6.45) is 0.892. The van der Waals surface area contributed by atoms with Gasteiger partial charge in [0.05, 0.1) is 0 Å². The van der Waals surface area contributed by atoms with E-state index in [0.29, 0.717) is 18.1 Å². The van der Waals surface area contributed by atoms with E-state index in [9.17, 15) is 0 Å². The van der Waals surface area contributed by atoms with E-state index in [0.717, 1.165) is 32.6 Å². The minimum atomic E-state index is 0.299. The number of rotatable bonds is 3. The van der Waals surface area contributed by atoms with Crippen LogP contribution in [0.2, 0.25) is 0 Å². The van der Waals surface area contributed by atoms with E-state index in [1.165, 1.54) is 0 Å². The molecule has 2 N–H and O–H groups in total. The van der Waals surface area contributed by atoms with Crippen molar-refractivity contribution in [2.24, 2.45) is 5.41 Å². The molecule has 0 amide bonds. The molecule has 1 saturated heterocycles. The summed E-state index contributed by atoms with van der Waals surface area (Å²) in [6, 6.07) is 0.521. The zero-order valence-corrected chi connectivity index (χ0v) is 9.71. The predicted octanol–water partition coefficient (Wildman–Crippen LogP) is 0.689. The summed E-state index contributed by atoms with van der Waals surface area (Å²) in [5.74, 6) is 0. The summed E-state index contributed by atoms with van der Waals surface area (Å²) in [5.41, 5.74) is 0.352. The van der Waals surface area contributed by atoms with Crippen LogP contribution >= 0.6 is 0 Å². The number of nitrogens with one attached hydrogen (secondary N) is 1. The predicted molar refractivity (Wildman–Crippen MR) is 59.4 cm³/mol. The molecule has 0 aliphatic carbocycles. The van der Waals surface area contributed by atoms with Crippen molar-refractivity contribution in [3.8, 4) is 0 Å². The normalized spacial score (nSPS) is 25.3. The van der Waals surface area contributed by atoms with Crippen molar-refractivity contribution in [1.82, 2.24) is 10.2 Å². The van der Waals surface area contributed by atoms with Crippen LogP contribution in [0.1, 0.15) is 27.2 Å². The van der Waals surface area contributed by atoms with Gasteiger partial charge in [-0.05, 0) is 11.8 Å². The van der Waals surface area contributed by atoms with E-state index in [1.807, 2.05) is 0 Å². The first-order chi connectivity index (χ1) is 6.53. The van der Waals surface area contributed by atoms with E-state index in [4.69, 9.17) is 5.11 Å². The Balaban J connectivity index is 2.45. The van der Waals surface area contributed by atoms with Crippen molar-refractivity contribution in [2.45, 2.75) is 33.2 Å². The molecule has 0 aromatic carbocycles. The van der Waals surface area contributed by atoms with Gasteiger partial charge in [0, 0.05) is 38.8 Å². The van der Waals surface area contributed by atoms with Crippen LogP contribution in [-0.4, -0.2) is 48.8 Å². The molecule has 84 valence electrons. The van der Waals surface area contributed by atoms with Crippen LogP contribution in [0, 0.1) is 5.41 Å². The Morgan fingerprint density at radius 1 is 1.43 bits per heavy atom. The van der Waals surface area contributed by atoms with E-state index in [-0.39, 0.29) is 0 Å². The van der Waals surface area contributed by atoms with Crippen LogP contribution in [-0.2, 0) is 0 Å². The Labute approximate surface area is 87.5 Å². The zero-order valence-electron chi connectivity index (χ0n) is 9.71. The first-order valence-electron chi connectivity index (χ1n) is 5.58. The summed E-state index contributed by atoms with van der Waals surface area (Å²) in [6.45, 7) is 11.4. The fourth-order valence-corrected chi connectivity index (χ4v) is 2.05. The summed E-state index contributed by atoms with van der Waals surface area (Å²) in [7, 11) is 0. The number of aliphatic hydroxyl groups excluding tert-OH is 1. The summed E-state index contributed by atoms with van der Waals surface area (Å²) in [4.78, 5) is 2.51. The average molecular weight is 200 g/mol. The molecule has 1 unspecified atom stereocenters. The molecule has 0 aromatic heterocycles. The highest BCUT2D eigenvalue weighted by Gasteiger charge is 2.25. The Morgan fingerprint density at radius 2 is 2.14 bits per heavy atom. The molecule has 1 aliphatic rings. The highest BCUT2D eigenvalue weighted by molar-refractivity contribution is 4.82. The maximum atomic E-state index is 8.98. The van der Waals surface area contributed by atoms with Crippen molar-refractivity contribution in [3.63, 3.8) is 0 Å². The highest BCUT2D eigenvalue weighted by Crippen LogP contribution is 2.18. The van der Waals surface area contributed by atoms with Gasteiger partial charge in [0.15, 0.2) is 0 Å². The number of nitrogens with zero attached hydrogens (tertiary/aromatic N) is 1. The van der Waals surface area contributed by atoms with E-state index < -0.39 is 0 Å². The SMILES string of the molecule is CC(C)(C)CN1CCNCC1CCO. The van der Waals surface area contributed by atoms with E-state index in [2.05, 4.69) is 31.0 Å². The molecule has 0 spiro atoms. The Bertz CT molecular complexity index is 163. The van der Waals surface area contributed by atoms with Crippen LogP contribution < -0.4 is 5.32 Å². The van der Waals surface area contributed by atoms with Gasteiger partial charge in [0.25, 0.3) is 0 Å². The average Bonchev–Trinajstić information content (AvgIpc) is 2.06. The molecule has 3 heteroatoms. The van der Waals surface area contributed by atoms with Crippen molar-refractivity contribution in [1.29, 1.82) is 0 Å². The lowest BCUT2D eigenvalue weighted by Crippen LogP contribution is -2.53. The molecular formula is C11H24N2O. The fourth-order valence-electron chi connectivity index (χ4n) is 2.05. The van der Waals surface area contributed by atoms with Gasteiger partial charge in [0.2, 0.25) is 0 Å². The molecule has 3 nitrogen and oxygen atoms in total. The lowest BCUT2D eigenvalue weighted by molar-refractivity contribution is 0.0941. The van der Waals surface area contributed by atoms with Crippen LogP contribution in [0.3, 0.4) is 0 Å². The van der Waals surface area contributed by atoms with Crippen molar-refractivity contribution < 1.29 is 5.11 Å². The zero-order chi connectivity index (χ0) is 10.6. The van der Waals surface area contributed by atoms with Gasteiger partial charge in [-0.3, -0.25) is 4.90 Å². The number of hydrogen-bond acceptors (Lipinski definition) is 3. The molecule has 1 fully saturated rings. The molecule has 0 aromatic rings.